The van der Waals surface area contributed by atoms with Gasteiger partial charge in [0.15, 0.2) is 5.65 Å². The molecule has 2 aliphatic carbocycles. The van der Waals surface area contributed by atoms with Gasteiger partial charge in [-0.05, 0) is 66.7 Å². The fraction of sp³-hybridized carbons (Fsp3) is 0.304. The zero-order chi connectivity index (χ0) is 20.4. The van der Waals surface area contributed by atoms with Crippen LogP contribution in [0.3, 0.4) is 0 Å². The van der Waals surface area contributed by atoms with Crippen molar-refractivity contribution in [1.82, 2.24) is 24.6 Å². The third-order valence-electron chi connectivity index (χ3n) is 6.42. The summed E-state index contributed by atoms with van der Waals surface area (Å²) in [4.78, 5) is 33.0. The van der Waals surface area contributed by atoms with E-state index in [0.29, 0.717) is 23.1 Å². The van der Waals surface area contributed by atoms with Crippen LogP contribution < -0.4 is 11.2 Å². The van der Waals surface area contributed by atoms with Crippen molar-refractivity contribution in [2.24, 2.45) is 0 Å². The fourth-order valence-corrected chi connectivity index (χ4v) is 4.58. The Kier molecular flexibility index (Phi) is 3.63. The summed E-state index contributed by atoms with van der Waals surface area (Å²) in [7, 11) is 0. The number of aromatic amines is 2. The minimum atomic E-state index is -0.527. The maximum Gasteiger partial charge on any atom is 0.325 e. The highest BCUT2D eigenvalue weighted by Gasteiger charge is 2.42. The van der Waals surface area contributed by atoms with E-state index >= 15 is 0 Å². The fourth-order valence-electron chi connectivity index (χ4n) is 4.58. The average Bonchev–Trinajstić information content (AvgIpc) is 3.65. The first-order valence-electron chi connectivity index (χ1n) is 10.4. The SMILES string of the molecule is Cc1ccc([C@H]2C[C@@H]2c2cc(-c3c[nH]c(=O)[nH]c3=O)nn3ccnc23)cc1C1CC1. The number of benzene rings is 1. The number of aryl methyl sites for hydroxylation is 1. The van der Waals surface area contributed by atoms with E-state index in [1.54, 1.807) is 16.9 Å². The lowest BCUT2D eigenvalue weighted by atomic mass is 9.97. The molecule has 2 aliphatic rings. The Bertz CT molecular complexity index is 1410. The smallest absolute Gasteiger partial charge is 0.313 e. The lowest BCUT2D eigenvalue weighted by Crippen LogP contribution is -2.23. The maximum atomic E-state index is 12.3. The van der Waals surface area contributed by atoms with Gasteiger partial charge in [0.25, 0.3) is 5.56 Å². The van der Waals surface area contributed by atoms with Gasteiger partial charge in [0.1, 0.15) is 0 Å². The molecule has 30 heavy (non-hydrogen) atoms. The highest BCUT2D eigenvalue weighted by atomic mass is 16.2. The van der Waals surface area contributed by atoms with Gasteiger partial charge in [-0.15, -0.1) is 0 Å². The van der Waals surface area contributed by atoms with E-state index in [4.69, 9.17) is 0 Å². The first kappa shape index (κ1) is 17.4. The molecule has 4 aromatic rings. The van der Waals surface area contributed by atoms with Crippen LogP contribution in [0, 0.1) is 6.92 Å². The number of nitrogens with one attached hydrogen (secondary N) is 2. The van der Waals surface area contributed by atoms with E-state index in [1.165, 1.54) is 35.7 Å². The number of imidazole rings is 1. The van der Waals surface area contributed by atoms with Crippen LogP contribution in [0.15, 0.2) is 52.4 Å². The van der Waals surface area contributed by atoms with Crippen molar-refractivity contribution in [2.45, 2.75) is 43.9 Å². The minimum absolute atomic E-state index is 0.341. The zero-order valence-electron chi connectivity index (χ0n) is 16.6. The van der Waals surface area contributed by atoms with Crippen LogP contribution in [0.4, 0.5) is 0 Å². The third kappa shape index (κ3) is 2.81. The van der Waals surface area contributed by atoms with Crippen LogP contribution in [0.25, 0.3) is 16.9 Å². The summed E-state index contributed by atoms with van der Waals surface area (Å²) in [6.07, 6.45) is 8.59. The first-order valence-corrected chi connectivity index (χ1v) is 10.4. The maximum absolute atomic E-state index is 12.3. The number of fused-ring (bicyclic) bond motifs is 1. The Balaban J connectivity index is 1.42. The van der Waals surface area contributed by atoms with E-state index in [1.807, 2.05) is 6.07 Å². The molecule has 150 valence electrons. The molecule has 2 N–H and O–H groups in total. The predicted molar refractivity (Wildman–Crippen MR) is 113 cm³/mol. The monoisotopic (exact) mass is 399 g/mol. The second-order valence-corrected chi connectivity index (χ2v) is 8.50. The van der Waals surface area contributed by atoms with E-state index in [0.717, 1.165) is 23.5 Å². The average molecular weight is 399 g/mol. The summed E-state index contributed by atoms with van der Waals surface area (Å²) >= 11 is 0. The molecule has 2 saturated carbocycles. The van der Waals surface area contributed by atoms with Crippen molar-refractivity contribution in [3.63, 3.8) is 0 Å². The molecule has 0 saturated heterocycles. The largest absolute Gasteiger partial charge is 0.325 e. The lowest BCUT2D eigenvalue weighted by Gasteiger charge is -2.09. The first-order chi connectivity index (χ1) is 14.6. The minimum Gasteiger partial charge on any atom is -0.313 e. The molecule has 2 atom stereocenters. The molecule has 2 fully saturated rings. The zero-order valence-corrected chi connectivity index (χ0v) is 16.6. The van der Waals surface area contributed by atoms with Gasteiger partial charge in [0.2, 0.25) is 0 Å². The summed E-state index contributed by atoms with van der Waals surface area (Å²) in [5.74, 6) is 1.53. The van der Waals surface area contributed by atoms with Crippen LogP contribution in [0.2, 0.25) is 0 Å². The topological polar surface area (TPSA) is 95.9 Å². The summed E-state index contributed by atoms with van der Waals surface area (Å²) in [5, 5.41) is 4.53. The van der Waals surface area contributed by atoms with E-state index in [-0.39, 0.29) is 0 Å². The Morgan fingerprint density at radius 2 is 1.97 bits per heavy atom. The molecule has 3 aromatic heterocycles. The second-order valence-electron chi connectivity index (χ2n) is 8.50. The Morgan fingerprint density at radius 1 is 1.10 bits per heavy atom. The van der Waals surface area contributed by atoms with Crippen LogP contribution in [-0.4, -0.2) is 24.6 Å². The normalized spacial score (nSPS) is 20.6. The molecule has 0 unspecified atom stereocenters. The quantitative estimate of drug-likeness (QED) is 0.551. The predicted octanol–water partition coefficient (Wildman–Crippen LogP) is 3.23. The molecule has 3 heterocycles. The van der Waals surface area contributed by atoms with Crippen LogP contribution in [0.1, 0.15) is 59.3 Å². The number of H-pyrrole nitrogens is 2. The van der Waals surface area contributed by atoms with Crippen molar-refractivity contribution in [3.8, 4) is 11.3 Å². The van der Waals surface area contributed by atoms with Gasteiger partial charge in [0.05, 0.1) is 11.3 Å². The number of aromatic nitrogens is 5. The van der Waals surface area contributed by atoms with Crippen LogP contribution in [-0.2, 0) is 0 Å². The number of rotatable bonds is 4. The lowest BCUT2D eigenvalue weighted by molar-refractivity contribution is 0.905. The molecule has 1 aromatic carbocycles. The summed E-state index contributed by atoms with van der Waals surface area (Å²) in [6.45, 7) is 2.20. The van der Waals surface area contributed by atoms with Gasteiger partial charge in [0, 0.05) is 24.2 Å². The molecule has 6 rings (SSSR count). The highest BCUT2D eigenvalue weighted by molar-refractivity contribution is 5.63. The van der Waals surface area contributed by atoms with E-state index in [2.05, 4.69) is 45.2 Å². The molecule has 0 amide bonds. The Hall–Kier alpha value is -3.48. The molecule has 0 radical (unpaired) electrons. The molecule has 0 spiro atoms. The van der Waals surface area contributed by atoms with Gasteiger partial charge >= 0.3 is 5.69 Å². The molecule has 7 nitrogen and oxygen atoms in total. The van der Waals surface area contributed by atoms with Crippen molar-refractivity contribution >= 4 is 5.65 Å². The van der Waals surface area contributed by atoms with Gasteiger partial charge < -0.3 is 4.98 Å². The number of hydrogen-bond acceptors (Lipinski definition) is 4. The van der Waals surface area contributed by atoms with Crippen molar-refractivity contribution in [2.75, 3.05) is 0 Å². The highest BCUT2D eigenvalue weighted by Crippen LogP contribution is 2.56. The summed E-state index contributed by atoms with van der Waals surface area (Å²) in [6, 6.07) is 8.85. The van der Waals surface area contributed by atoms with Gasteiger partial charge in [-0.2, -0.15) is 5.10 Å². The van der Waals surface area contributed by atoms with Gasteiger partial charge in [-0.25, -0.2) is 14.3 Å². The Morgan fingerprint density at radius 3 is 2.77 bits per heavy atom. The molecular formula is C23H21N5O2. The van der Waals surface area contributed by atoms with Crippen LogP contribution in [0.5, 0.6) is 0 Å². The molecule has 0 aliphatic heterocycles. The van der Waals surface area contributed by atoms with E-state index in [9.17, 15) is 9.59 Å². The third-order valence-corrected chi connectivity index (χ3v) is 6.42. The molecule has 7 heteroatoms. The molecular weight excluding hydrogens is 378 g/mol. The Labute approximate surface area is 171 Å². The van der Waals surface area contributed by atoms with Crippen molar-refractivity contribution in [3.05, 3.63) is 85.9 Å². The van der Waals surface area contributed by atoms with Crippen LogP contribution >= 0.6 is 0 Å². The molecule has 0 bridgehead atoms. The van der Waals surface area contributed by atoms with Gasteiger partial charge in [-0.3, -0.25) is 9.78 Å². The standard InChI is InChI=1S/C23H21N5O2/c1-12-2-3-14(8-15(12)13-4-5-13)16-9-17(16)18-10-20(27-28-7-6-24-21(18)28)19-11-25-23(30)26-22(19)29/h2-3,6-8,10-11,13,16-17H,4-5,9H2,1H3,(H2,25,26,29,30)/t16-,17+/m1/s1. The number of hydrogen-bond donors (Lipinski definition) is 2. The van der Waals surface area contributed by atoms with E-state index < -0.39 is 11.2 Å². The summed E-state index contributed by atoms with van der Waals surface area (Å²) in [5.41, 5.74) is 6.08. The van der Waals surface area contributed by atoms with Crippen molar-refractivity contribution in [1.29, 1.82) is 0 Å². The van der Waals surface area contributed by atoms with Gasteiger partial charge in [-0.1, -0.05) is 18.2 Å². The second kappa shape index (κ2) is 6.26. The van der Waals surface area contributed by atoms with Crippen molar-refractivity contribution < 1.29 is 0 Å². The summed E-state index contributed by atoms with van der Waals surface area (Å²) < 4.78 is 1.72. The number of nitrogens with zero attached hydrogens (tertiary/aromatic N) is 3.